The van der Waals surface area contributed by atoms with Gasteiger partial charge in [0.15, 0.2) is 0 Å². The van der Waals surface area contributed by atoms with Crippen molar-refractivity contribution in [3.05, 3.63) is 86.5 Å². The molecule has 158 valence electrons. The first-order chi connectivity index (χ1) is 14.8. The molecule has 4 aromatic rings. The number of benzene rings is 3. The highest BCUT2D eigenvalue weighted by Gasteiger charge is 2.35. The Balaban J connectivity index is 1.88. The molecule has 0 atom stereocenters. The van der Waals surface area contributed by atoms with Gasteiger partial charge >= 0.3 is 11.0 Å². The quantitative estimate of drug-likeness (QED) is 0.368. The number of fused-ring (bicyclic) bond motifs is 1. The number of anilines is 1. The Kier molecular flexibility index (Phi) is 5.76. The van der Waals surface area contributed by atoms with E-state index in [-0.39, 0.29) is 32.0 Å². The van der Waals surface area contributed by atoms with E-state index in [1.54, 1.807) is 18.2 Å². The maximum Gasteiger partial charge on any atom is 0.434 e. The Labute approximate surface area is 190 Å². The average Bonchev–Trinajstić information content (AvgIpc) is 3.09. The number of carbonyl (C=O) groups excluding carboxylic acids is 1. The fourth-order valence-electron chi connectivity index (χ4n) is 2.73. The summed E-state index contributed by atoms with van der Waals surface area (Å²) in [5.41, 5.74) is 0.190. The van der Waals surface area contributed by atoms with Gasteiger partial charge in [-0.2, -0.15) is 4.31 Å². The van der Waals surface area contributed by atoms with Crippen molar-refractivity contribution in [2.24, 2.45) is 0 Å². The van der Waals surface area contributed by atoms with Crippen LogP contribution in [0.4, 0.5) is 10.5 Å². The van der Waals surface area contributed by atoms with Crippen LogP contribution in [0, 0.1) is 0 Å². The average molecular weight is 496 g/mol. The van der Waals surface area contributed by atoms with Gasteiger partial charge < -0.3 is 9.15 Å². The van der Waals surface area contributed by atoms with Crippen LogP contribution >= 0.6 is 34.5 Å². The van der Waals surface area contributed by atoms with Crippen LogP contribution in [0.3, 0.4) is 0 Å². The molecule has 0 radical (unpaired) electrons. The lowest BCUT2D eigenvalue weighted by molar-refractivity contribution is 0.211. The molecule has 0 aliphatic rings. The number of carbonyl (C=O) groups is 1. The number of nitrogens with zero attached hydrogens (tertiary/aromatic N) is 1. The summed E-state index contributed by atoms with van der Waals surface area (Å²) in [7, 11) is -4.55. The molecular formula is C20H11Cl2NO6S2. The molecule has 0 bridgehead atoms. The maximum atomic E-state index is 13.5. The van der Waals surface area contributed by atoms with Gasteiger partial charge in [0.1, 0.15) is 16.2 Å². The van der Waals surface area contributed by atoms with Crippen LogP contribution in [-0.2, 0) is 10.0 Å². The Morgan fingerprint density at radius 1 is 1.00 bits per heavy atom. The highest BCUT2D eigenvalue weighted by molar-refractivity contribution is 7.93. The second-order valence-electron chi connectivity index (χ2n) is 6.11. The lowest BCUT2D eigenvalue weighted by atomic mass is 10.3. The number of hydrogen-bond donors (Lipinski definition) is 0. The predicted molar refractivity (Wildman–Crippen MR) is 119 cm³/mol. The molecule has 0 saturated carbocycles. The molecule has 31 heavy (non-hydrogen) atoms. The molecule has 0 fully saturated rings. The van der Waals surface area contributed by atoms with E-state index in [0.717, 1.165) is 17.4 Å². The second-order valence-corrected chi connectivity index (χ2v) is 9.69. The van der Waals surface area contributed by atoms with E-state index in [4.69, 9.17) is 32.4 Å². The van der Waals surface area contributed by atoms with Gasteiger partial charge in [-0.25, -0.2) is 18.0 Å². The van der Waals surface area contributed by atoms with Crippen molar-refractivity contribution in [2.45, 2.75) is 4.90 Å². The monoisotopic (exact) mass is 495 g/mol. The molecule has 0 aliphatic heterocycles. The van der Waals surface area contributed by atoms with E-state index >= 15 is 0 Å². The van der Waals surface area contributed by atoms with Crippen LogP contribution in [0.1, 0.15) is 0 Å². The van der Waals surface area contributed by atoms with Crippen LogP contribution in [0.15, 0.2) is 80.8 Å². The Morgan fingerprint density at radius 3 is 2.48 bits per heavy atom. The Morgan fingerprint density at radius 2 is 1.74 bits per heavy atom. The number of amides is 1. The first-order valence-corrected chi connectivity index (χ1v) is 11.6. The lowest BCUT2D eigenvalue weighted by Gasteiger charge is -2.22. The minimum Gasteiger partial charge on any atom is -0.414 e. The van der Waals surface area contributed by atoms with E-state index in [2.05, 4.69) is 0 Å². The maximum absolute atomic E-state index is 13.5. The molecular weight excluding hydrogens is 485 g/mol. The first-order valence-electron chi connectivity index (χ1n) is 8.56. The Bertz CT molecular complexity index is 1450. The number of halogens is 2. The third-order valence-electron chi connectivity index (χ3n) is 4.07. The molecule has 1 amide bonds. The van der Waals surface area contributed by atoms with Crippen molar-refractivity contribution in [1.82, 2.24) is 0 Å². The first kappa shape index (κ1) is 21.4. The van der Waals surface area contributed by atoms with E-state index < -0.39 is 21.1 Å². The molecule has 0 N–H and O–H groups in total. The SMILES string of the molecule is O=C(Oc1ccccc1)N(c1ccc2oc(=O)sc2c1)S(=O)(=O)c1cc(Cl)ccc1Cl. The number of rotatable bonds is 4. The van der Waals surface area contributed by atoms with Gasteiger partial charge in [0.25, 0.3) is 10.0 Å². The summed E-state index contributed by atoms with van der Waals surface area (Å²) in [6.45, 7) is 0. The van der Waals surface area contributed by atoms with E-state index in [0.29, 0.717) is 9.01 Å². The smallest absolute Gasteiger partial charge is 0.414 e. The molecule has 3 aromatic carbocycles. The van der Waals surface area contributed by atoms with Gasteiger partial charge in [0.05, 0.1) is 15.4 Å². The van der Waals surface area contributed by atoms with Gasteiger partial charge in [0.2, 0.25) is 0 Å². The van der Waals surface area contributed by atoms with Crippen LogP contribution in [0.5, 0.6) is 5.75 Å². The standard InChI is InChI=1S/C20H11Cl2NO6S2/c21-12-6-8-15(22)18(10-12)31(26,27)23(19(24)28-14-4-2-1-3-5-14)13-7-9-16-17(11-13)30-20(25)29-16/h1-11H. The third kappa shape index (κ3) is 4.31. The van der Waals surface area contributed by atoms with Crippen molar-refractivity contribution in [3.8, 4) is 5.75 Å². The van der Waals surface area contributed by atoms with Crippen LogP contribution in [-0.4, -0.2) is 14.5 Å². The second kappa shape index (κ2) is 8.35. The van der Waals surface area contributed by atoms with E-state index in [1.807, 2.05) is 0 Å². The van der Waals surface area contributed by atoms with Crippen LogP contribution in [0.25, 0.3) is 10.3 Å². The molecule has 1 aromatic heterocycles. The summed E-state index contributed by atoms with van der Waals surface area (Å²) in [6.07, 6.45) is -1.20. The summed E-state index contributed by atoms with van der Waals surface area (Å²) in [4.78, 5) is 23.6. The van der Waals surface area contributed by atoms with E-state index in [1.165, 1.54) is 42.5 Å². The highest BCUT2D eigenvalue weighted by Crippen LogP contribution is 2.33. The highest BCUT2D eigenvalue weighted by atomic mass is 35.5. The lowest BCUT2D eigenvalue weighted by Crippen LogP contribution is -2.39. The fourth-order valence-corrected chi connectivity index (χ4v) is 5.49. The topological polar surface area (TPSA) is 93.9 Å². The minimum absolute atomic E-state index is 0.0680. The molecule has 0 saturated heterocycles. The molecule has 0 spiro atoms. The summed E-state index contributed by atoms with van der Waals surface area (Å²) >= 11 is 12.8. The van der Waals surface area contributed by atoms with E-state index in [9.17, 15) is 18.0 Å². The molecule has 0 unspecified atom stereocenters. The molecule has 7 nitrogen and oxygen atoms in total. The molecule has 4 rings (SSSR count). The zero-order chi connectivity index (χ0) is 22.2. The summed E-state index contributed by atoms with van der Waals surface area (Å²) < 4.78 is 38.1. The third-order valence-corrected chi connectivity index (χ3v) is 7.27. The minimum atomic E-state index is -4.55. The van der Waals surface area contributed by atoms with Gasteiger partial charge in [-0.05, 0) is 48.5 Å². The number of para-hydroxylation sites is 1. The number of ether oxygens (including phenoxy) is 1. The zero-order valence-electron chi connectivity index (χ0n) is 15.3. The normalized spacial score (nSPS) is 11.4. The summed E-state index contributed by atoms with van der Waals surface area (Å²) in [5, 5.41) is -0.0150. The number of hydrogen-bond acceptors (Lipinski definition) is 7. The molecule has 1 heterocycles. The van der Waals surface area contributed by atoms with Gasteiger partial charge in [-0.15, -0.1) is 0 Å². The Hall–Kier alpha value is -2.85. The molecule has 0 aliphatic carbocycles. The summed E-state index contributed by atoms with van der Waals surface area (Å²) in [5.74, 6) is 0.138. The van der Waals surface area contributed by atoms with Crippen molar-refractivity contribution in [2.75, 3.05) is 4.31 Å². The zero-order valence-corrected chi connectivity index (χ0v) is 18.5. The fraction of sp³-hybridized carbons (Fsp3) is 0. The van der Waals surface area contributed by atoms with Crippen molar-refractivity contribution >= 4 is 66.6 Å². The van der Waals surface area contributed by atoms with Gasteiger partial charge in [-0.3, -0.25) is 0 Å². The van der Waals surface area contributed by atoms with Crippen molar-refractivity contribution in [3.63, 3.8) is 0 Å². The van der Waals surface area contributed by atoms with Gasteiger partial charge in [-0.1, -0.05) is 52.7 Å². The largest absolute Gasteiger partial charge is 0.434 e. The molecule has 11 heteroatoms. The van der Waals surface area contributed by atoms with Gasteiger partial charge in [0, 0.05) is 5.02 Å². The van der Waals surface area contributed by atoms with Crippen LogP contribution in [0.2, 0.25) is 10.0 Å². The predicted octanol–water partition coefficient (Wildman–Crippen LogP) is 5.56. The number of sulfonamides is 1. The van der Waals surface area contributed by atoms with Crippen molar-refractivity contribution < 1.29 is 22.4 Å². The van der Waals surface area contributed by atoms with Crippen LogP contribution < -0.4 is 14.0 Å². The van der Waals surface area contributed by atoms with Crippen molar-refractivity contribution in [1.29, 1.82) is 0 Å². The summed E-state index contributed by atoms with van der Waals surface area (Å²) in [6, 6.07) is 15.9.